The molecule has 1 heterocycles. The molecule has 1 fully saturated rings. The predicted octanol–water partition coefficient (Wildman–Crippen LogP) is 2.80. The number of nitrogens with two attached hydrogens (primary N) is 1. The van der Waals surface area contributed by atoms with Gasteiger partial charge in [-0.2, -0.15) is 5.10 Å². The van der Waals surface area contributed by atoms with Gasteiger partial charge in [-0.25, -0.2) is 0 Å². The molecule has 1 aliphatic carbocycles. The summed E-state index contributed by atoms with van der Waals surface area (Å²) in [4.78, 5) is 0. The molecule has 1 aliphatic rings. The van der Waals surface area contributed by atoms with Gasteiger partial charge in [-0.3, -0.25) is 16.0 Å². The first kappa shape index (κ1) is 16.0. The lowest BCUT2D eigenvalue weighted by molar-refractivity contribution is 0.394. The molecule has 114 valence electrons. The van der Waals surface area contributed by atoms with Crippen LogP contribution in [-0.4, -0.2) is 15.8 Å². The fraction of sp³-hybridized carbons (Fsp3) is 0.800. The van der Waals surface area contributed by atoms with Gasteiger partial charge in [-0.15, -0.1) is 0 Å². The molecule has 0 amide bonds. The maximum absolute atomic E-state index is 5.85. The summed E-state index contributed by atoms with van der Waals surface area (Å²) in [5.74, 6) is 6.42. The Morgan fingerprint density at radius 3 is 2.25 bits per heavy atom. The van der Waals surface area contributed by atoms with Crippen molar-refractivity contribution in [3.05, 3.63) is 15.9 Å². The summed E-state index contributed by atoms with van der Waals surface area (Å²) in [5.41, 5.74) is 6.03. The Balaban J connectivity index is 2.23. The molecule has 1 saturated carbocycles. The summed E-state index contributed by atoms with van der Waals surface area (Å²) in [6.07, 6.45) is 1.84. The summed E-state index contributed by atoms with van der Waals surface area (Å²) in [6, 6.07) is 0.274. The molecule has 1 unspecified atom stereocenters. The topological polar surface area (TPSA) is 55.9 Å². The van der Waals surface area contributed by atoms with Crippen molar-refractivity contribution in [1.82, 2.24) is 15.2 Å². The molecule has 4 nitrogen and oxygen atoms in total. The number of aryl methyl sites for hydroxylation is 2. The fourth-order valence-electron chi connectivity index (χ4n) is 3.78. The maximum atomic E-state index is 5.85. The minimum absolute atomic E-state index is 0.274. The minimum Gasteiger partial charge on any atom is -0.271 e. The number of nitrogens with one attached hydrogen (secondary N) is 1. The number of halogens is 1. The van der Waals surface area contributed by atoms with Gasteiger partial charge < -0.3 is 0 Å². The number of hydrogen-bond acceptors (Lipinski definition) is 3. The lowest BCUT2D eigenvalue weighted by atomic mass is 10.00. The van der Waals surface area contributed by atoms with Crippen LogP contribution in [0.4, 0.5) is 0 Å². The van der Waals surface area contributed by atoms with Crippen molar-refractivity contribution in [3.63, 3.8) is 0 Å². The van der Waals surface area contributed by atoms with Gasteiger partial charge in [0.1, 0.15) is 0 Å². The first-order valence-corrected chi connectivity index (χ1v) is 8.14. The second kappa shape index (κ2) is 5.11. The van der Waals surface area contributed by atoms with Crippen molar-refractivity contribution in [1.29, 1.82) is 0 Å². The molecule has 0 saturated heterocycles. The van der Waals surface area contributed by atoms with E-state index in [1.165, 1.54) is 5.69 Å². The number of rotatable bonds is 5. The van der Waals surface area contributed by atoms with Gasteiger partial charge in [0.25, 0.3) is 0 Å². The van der Waals surface area contributed by atoms with Crippen molar-refractivity contribution in [3.8, 4) is 0 Å². The monoisotopic (exact) mass is 342 g/mol. The van der Waals surface area contributed by atoms with Crippen molar-refractivity contribution in [2.75, 3.05) is 0 Å². The lowest BCUT2D eigenvalue weighted by Crippen LogP contribution is -2.40. The molecule has 20 heavy (non-hydrogen) atoms. The Kier molecular flexibility index (Phi) is 4.08. The molecule has 2 rings (SSSR count). The molecular weight excluding hydrogens is 316 g/mol. The first-order valence-electron chi connectivity index (χ1n) is 7.34. The highest BCUT2D eigenvalue weighted by Gasteiger charge is 2.66. The molecule has 0 radical (unpaired) electrons. The third-order valence-electron chi connectivity index (χ3n) is 5.67. The van der Waals surface area contributed by atoms with Crippen LogP contribution in [0, 0.1) is 16.7 Å². The highest BCUT2D eigenvalue weighted by molar-refractivity contribution is 9.10. The van der Waals surface area contributed by atoms with Gasteiger partial charge in [0, 0.05) is 19.5 Å². The summed E-state index contributed by atoms with van der Waals surface area (Å²) < 4.78 is 3.12. The second-order valence-electron chi connectivity index (χ2n) is 7.08. The van der Waals surface area contributed by atoms with E-state index in [0.29, 0.717) is 16.7 Å². The van der Waals surface area contributed by atoms with Crippen molar-refractivity contribution < 1.29 is 0 Å². The number of nitrogens with zero attached hydrogens (tertiary/aromatic N) is 2. The molecular formula is C15H27BrN4. The zero-order valence-electron chi connectivity index (χ0n) is 13.4. The Morgan fingerprint density at radius 1 is 1.35 bits per heavy atom. The number of aromatic nitrogens is 2. The van der Waals surface area contributed by atoms with Gasteiger partial charge in [0.05, 0.1) is 15.9 Å². The Hall–Kier alpha value is -0.390. The van der Waals surface area contributed by atoms with E-state index in [-0.39, 0.29) is 6.04 Å². The number of hydrogen-bond donors (Lipinski definition) is 2. The molecule has 0 aromatic carbocycles. The van der Waals surface area contributed by atoms with E-state index in [9.17, 15) is 0 Å². The van der Waals surface area contributed by atoms with E-state index in [1.54, 1.807) is 0 Å². The zero-order chi connectivity index (χ0) is 15.3. The predicted molar refractivity (Wildman–Crippen MR) is 86.2 cm³/mol. The zero-order valence-corrected chi connectivity index (χ0v) is 15.0. The van der Waals surface area contributed by atoms with E-state index in [1.807, 2.05) is 11.7 Å². The highest BCUT2D eigenvalue weighted by Crippen LogP contribution is 2.69. The Bertz CT molecular complexity index is 490. The van der Waals surface area contributed by atoms with Crippen LogP contribution >= 0.6 is 15.9 Å². The van der Waals surface area contributed by atoms with Crippen LogP contribution < -0.4 is 11.3 Å². The number of hydrazine groups is 1. The quantitative estimate of drug-likeness (QED) is 0.639. The van der Waals surface area contributed by atoms with Crippen LogP contribution in [0.25, 0.3) is 0 Å². The second-order valence-corrected chi connectivity index (χ2v) is 7.88. The average Bonchev–Trinajstić information content (AvgIpc) is 2.63. The van der Waals surface area contributed by atoms with Crippen LogP contribution in [0.1, 0.15) is 46.0 Å². The van der Waals surface area contributed by atoms with E-state index >= 15 is 0 Å². The third-order valence-corrected chi connectivity index (χ3v) is 6.58. The molecule has 5 heteroatoms. The third kappa shape index (κ3) is 2.24. The largest absolute Gasteiger partial charge is 0.271 e. The van der Waals surface area contributed by atoms with Crippen molar-refractivity contribution >= 4 is 15.9 Å². The van der Waals surface area contributed by atoms with Gasteiger partial charge in [-0.1, -0.05) is 34.6 Å². The molecule has 3 N–H and O–H groups in total. The highest BCUT2D eigenvalue weighted by atomic mass is 79.9. The van der Waals surface area contributed by atoms with E-state index < -0.39 is 0 Å². The van der Waals surface area contributed by atoms with E-state index in [2.05, 4.69) is 61.1 Å². The minimum atomic E-state index is 0.274. The smallest absolute Gasteiger partial charge is 0.0766 e. The SMILES string of the molecule is CCc1nn(C)c(CC(NN)C2C(C)(C)C2(C)C)c1Br. The standard InChI is InChI=1S/C15H27BrN4/c1-7-9-12(16)11(20(6)19-9)8-10(18-17)13-14(2,3)15(13,4)5/h10,13,18H,7-8,17H2,1-6H3. The lowest BCUT2D eigenvalue weighted by Gasteiger charge is -2.18. The van der Waals surface area contributed by atoms with Crippen molar-refractivity contribution in [2.24, 2.45) is 29.6 Å². The normalized spacial score (nSPS) is 22.0. The molecule has 1 aromatic rings. The molecule has 1 atom stereocenters. The van der Waals surface area contributed by atoms with Gasteiger partial charge in [0.2, 0.25) is 0 Å². The molecule has 1 aromatic heterocycles. The van der Waals surface area contributed by atoms with Gasteiger partial charge in [-0.05, 0) is 39.1 Å². The van der Waals surface area contributed by atoms with Gasteiger partial charge >= 0.3 is 0 Å². The van der Waals surface area contributed by atoms with Crippen LogP contribution in [-0.2, 0) is 19.9 Å². The van der Waals surface area contributed by atoms with Crippen LogP contribution in [0.15, 0.2) is 4.47 Å². The van der Waals surface area contributed by atoms with Crippen LogP contribution in [0.5, 0.6) is 0 Å². The fourth-order valence-corrected chi connectivity index (χ4v) is 4.55. The van der Waals surface area contributed by atoms with Crippen LogP contribution in [0.2, 0.25) is 0 Å². The summed E-state index contributed by atoms with van der Waals surface area (Å²) in [5, 5.41) is 4.57. The Labute approximate surface area is 130 Å². The molecule has 0 spiro atoms. The van der Waals surface area contributed by atoms with E-state index in [4.69, 9.17) is 5.84 Å². The summed E-state index contributed by atoms with van der Waals surface area (Å²) >= 11 is 3.69. The van der Waals surface area contributed by atoms with Gasteiger partial charge in [0.15, 0.2) is 0 Å². The van der Waals surface area contributed by atoms with E-state index in [0.717, 1.165) is 23.0 Å². The Morgan fingerprint density at radius 2 is 1.90 bits per heavy atom. The molecule has 0 aliphatic heterocycles. The van der Waals surface area contributed by atoms with Crippen molar-refractivity contribution in [2.45, 2.75) is 53.5 Å². The molecule has 0 bridgehead atoms. The average molecular weight is 343 g/mol. The van der Waals surface area contributed by atoms with Crippen LogP contribution in [0.3, 0.4) is 0 Å². The summed E-state index contributed by atoms with van der Waals surface area (Å²) in [7, 11) is 2.01. The first-order chi connectivity index (χ1) is 9.18. The maximum Gasteiger partial charge on any atom is 0.0766 e. The summed E-state index contributed by atoms with van der Waals surface area (Å²) in [6.45, 7) is 11.5.